The number of halogens is 1. The van der Waals surface area contributed by atoms with Crippen LogP contribution in [0.1, 0.15) is 26.7 Å². The summed E-state index contributed by atoms with van der Waals surface area (Å²) in [5.74, 6) is -0.385. The van der Waals surface area contributed by atoms with Gasteiger partial charge < -0.3 is 15.2 Å². The molecule has 20 heavy (non-hydrogen) atoms. The molecule has 4 atom stereocenters. The summed E-state index contributed by atoms with van der Waals surface area (Å²) < 4.78 is 1.06. The number of hydrogen-bond donors (Lipinski definition) is 3. The van der Waals surface area contributed by atoms with Crippen molar-refractivity contribution in [2.24, 2.45) is 17.8 Å². The number of aliphatic carboxylic acids is 1. The average Bonchev–Trinajstić information content (AvgIpc) is 2.80. The smallest absolute Gasteiger partial charge is 0.451 e. The number of alkyl halides is 1. The highest BCUT2D eigenvalue weighted by Crippen LogP contribution is 2.31. The number of carboxylic acid groups (broad SMARTS) is 1. The Morgan fingerprint density at radius 2 is 2.05 bits per heavy atom. The molecule has 5 nitrogen and oxygen atoms in total. The molecule has 0 spiro atoms. The van der Waals surface area contributed by atoms with Crippen LogP contribution < -0.4 is 0 Å². The van der Waals surface area contributed by atoms with E-state index >= 15 is 0 Å². The molecule has 1 aliphatic heterocycles. The lowest BCUT2D eigenvalue weighted by Gasteiger charge is -2.28. The van der Waals surface area contributed by atoms with Crippen LogP contribution in [0.5, 0.6) is 0 Å². The Balaban J connectivity index is 2.57. The summed E-state index contributed by atoms with van der Waals surface area (Å²) in [5, 5.41) is 27.1. The molecule has 3 N–H and O–H groups in total. The fourth-order valence-corrected chi connectivity index (χ4v) is 3.60. The van der Waals surface area contributed by atoms with E-state index in [0.29, 0.717) is 31.2 Å². The number of carbonyl (C=O) groups is 1. The van der Waals surface area contributed by atoms with Crippen LogP contribution in [0.3, 0.4) is 0 Å². The molecule has 0 aromatic rings. The SMILES string of the molecule is C[C@H](CI)[C@H](C)N1CC(CCCB(O)O)C(C(=O)O)C1. The van der Waals surface area contributed by atoms with Crippen molar-refractivity contribution in [1.29, 1.82) is 0 Å². The molecular formula is C13H25BINO4. The van der Waals surface area contributed by atoms with Crippen LogP contribution in [0, 0.1) is 17.8 Å². The minimum atomic E-state index is -1.28. The van der Waals surface area contributed by atoms with Gasteiger partial charge >= 0.3 is 13.1 Å². The maximum absolute atomic E-state index is 11.4. The number of likely N-dealkylation sites (tertiary alicyclic amines) is 1. The molecular weight excluding hydrogens is 372 g/mol. The first-order valence-electron chi connectivity index (χ1n) is 7.25. The molecule has 1 saturated heterocycles. The van der Waals surface area contributed by atoms with Crippen LogP contribution in [0.4, 0.5) is 0 Å². The quantitative estimate of drug-likeness (QED) is 0.327. The van der Waals surface area contributed by atoms with Crippen molar-refractivity contribution in [3.63, 3.8) is 0 Å². The highest BCUT2D eigenvalue weighted by Gasteiger charge is 2.39. The third-order valence-corrected chi connectivity index (χ3v) is 5.86. The fraction of sp³-hybridized carbons (Fsp3) is 0.923. The number of nitrogens with zero attached hydrogens (tertiary/aromatic N) is 1. The summed E-state index contributed by atoms with van der Waals surface area (Å²) in [6.07, 6.45) is 1.73. The zero-order valence-corrected chi connectivity index (χ0v) is 14.4. The zero-order chi connectivity index (χ0) is 15.3. The van der Waals surface area contributed by atoms with Gasteiger partial charge in [-0.2, -0.15) is 0 Å². The first kappa shape index (κ1) is 18.2. The fourth-order valence-electron chi connectivity index (χ4n) is 2.86. The summed E-state index contributed by atoms with van der Waals surface area (Å²) in [5.41, 5.74) is 0. The van der Waals surface area contributed by atoms with Gasteiger partial charge in [-0.3, -0.25) is 9.69 Å². The largest absolute Gasteiger partial charge is 0.481 e. The van der Waals surface area contributed by atoms with Gasteiger partial charge in [0.2, 0.25) is 0 Å². The van der Waals surface area contributed by atoms with Crippen LogP contribution in [-0.2, 0) is 4.79 Å². The van der Waals surface area contributed by atoms with E-state index < -0.39 is 13.1 Å². The zero-order valence-electron chi connectivity index (χ0n) is 12.2. The van der Waals surface area contributed by atoms with E-state index in [9.17, 15) is 9.90 Å². The highest BCUT2D eigenvalue weighted by molar-refractivity contribution is 14.1. The second kappa shape index (κ2) is 8.55. The lowest BCUT2D eigenvalue weighted by molar-refractivity contribution is -0.142. The Hall–Kier alpha value is 0.145. The van der Waals surface area contributed by atoms with Gasteiger partial charge in [0, 0.05) is 23.6 Å². The Morgan fingerprint density at radius 3 is 2.55 bits per heavy atom. The first-order valence-corrected chi connectivity index (χ1v) is 8.78. The van der Waals surface area contributed by atoms with E-state index in [2.05, 4.69) is 41.3 Å². The lowest BCUT2D eigenvalue weighted by atomic mass is 9.80. The van der Waals surface area contributed by atoms with Crippen LogP contribution in [0.15, 0.2) is 0 Å². The molecule has 2 unspecified atom stereocenters. The van der Waals surface area contributed by atoms with Gasteiger partial charge in [-0.25, -0.2) is 0 Å². The predicted molar refractivity (Wildman–Crippen MR) is 87.9 cm³/mol. The second-order valence-corrected chi connectivity index (χ2v) is 6.82. The topological polar surface area (TPSA) is 81.0 Å². The van der Waals surface area contributed by atoms with Gasteiger partial charge in [0.05, 0.1) is 5.92 Å². The number of rotatable bonds is 8. The third-order valence-electron chi connectivity index (χ3n) is 4.47. The molecule has 0 bridgehead atoms. The molecule has 0 saturated carbocycles. The van der Waals surface area contributed by atoms with Gasteiger partial charge in [0.15, 0.2) is 0 Å². The van der Waals surface area contributed by atoms with Crippen molar-refractivity contribution in [2.45, 2.75) is 39.1 Å². The van der Waals surface area contributed by atoms with E-state index in [-0.39, 0.29) is 11.8 Å². The van der Waals surface area contributed by atoms with Crippen LogP contribution in [0.2, 0.25) is 6.32 Å². The molecule has 0 radical (unpaired) electrons. The van der Waals surface area contributed by atoms with E-state index in [4.69, 9.17) is 10.0 Å². The van der Waals surface area contributed by atoms with Crippen molar-refractivity contribution in [3.8, 4) is 0 Å². The van der Waals surface area contributed by atoms with Gasteiger partial charge in [-0.15, -0.1) is 0 Å². The van der Waals surface area contributed by atoms with E-state index in [1.807, 2.05) is 0 Å². The first-order chi connectivity index (χ1) is 9.36. The van der Waals surface area contributed by atoms with Crippen molar-refractivity contribution in [2.75, 3.05) is 17.5 Å². The minimum absolute atomic E-state index is 0.120. The molecule has 0 aromatic heterocycles. The second-order valence-electron chi connectivity index (χ2n) is 5.94. The van der Waals surface area contributed by atoms with Gasteiger partial charge in [0.1, 0.15) is 0 Å². The normalized spacial score (nSPS) is 26.4. The molecule has 7 heteroatoms. The molecule has 1 fully saturated rings. The van der Waals surface area contributed by atoms with E-state index in [0.717, 1.165) is 17.4 Å². The van der Waals surface area contributed by atoms with Gasteiger partial charge in [-0.05, 0) is 31.5 Å². The van der Waals surface area contributed by atoms with Crippen LogP contribution >= 0.6 is 22.6 Å². The monoisotopic (exact) mass is 397 g/mol. The maximum Gasteiger partial charge on any atom is 0.451 e. The van der Waals surface area contributed by atoms with E-state index in [1.54, 1.807) is 0 Å². The molecule has 0 aliphatic carbocycles. The Kier molecular flexibility index (Phi) is 7.78. The van der Waals surface area contributed by atoms with Gasteiger partial charge in [0.25, 0.3) is 0 Å². The van der Waals surface area contributed by atoms with Crippen molar-refractivity contribution in [1.82, 2.24) is 4.90 Å². The average molecular weight is 397 g/mol. The summed E-state index contributed by atoms with van der Waals surface area (Å²) in [7, 11) is -1.28. The molecule has 1 heterocycles. The highest BCUT2D eigenvalue weighted by atomic mass is 127. The van der Waals surface area contributed by atoms with Crippen molar-refractivity contribution in [3.05, 3.63) is 0 Å². The van der Waals surface area contributed by atoms with Crippen molar-refractivity contribution < 1.29 is 19.9 Å². The Bertz CT molecular complexity index is 319. The standard InChI is InChI=1S/C13H25BINO4/c1-9(6-15)10(2)16-7-11(4-3-5-14(19)20)12(8-16)13(17)18/h9-12,19-20H,3-8H2,1-2H3,(H,17,18)/t9-,10+,11?,12?/m1/s1. The van der Waals surface area contributed by atoms with Crippen LogP contribution in [0.25, 0.3) is 0 Å². The summed E-state index contributed by atoms with van der Waals surface area (Å²) in [6.45, 7) is 5.79. The molecule has 0 amide bonds. The lowest BCUT2D eigenvalue weighted by Crippen LogP contribution is -2.37. The Morgan fingerprint density at radius 1 is 1.40 bits per heavy atom. The van der Waals surface area contributed by atoms with Crippen LogP contribution in [-0.4, -0.2) is 56.7 Å². The number of carboxylic acids is 1. The molecule has 1 rings (SSSR count). The molecule has 116 valence electrons. The van der Waals surface area contributed by atoms with E-state index in [1.165, 1.54) is 0 Å². The summed E-state index contributed by atoms with van der Waals surface area (Å²) in [6, 6.07) is 0.391. The summed E-state index contributed by atoms with van der Waals surface area (Å²) in [4.78, 5) is 13.7. The minimum Gasteiger partial charge on any atom is -0.481 e. The Labute approximate surface area is 135 Å². The number of hydrogen-bond acceptors (Lipinski definition) is 4. The summed E-state index contributed by atoms with van der Waals surface area (Å²) >= 11 is 2.37. The molecule has 0 aromatic carbocycles. The third kappa shape index (κ3) is 5.16. The van der Waals surface area contributed by atoms with Crippen molar-refractivity contribution >= 4 is 35.7 Å². The predicted octanol–water partition coefficient (Wildman–Crippen LogP) is 1.33. The maximum atomic E-state index is 11.4. The van der Waals surface area contributed by atoms with Gasteiger partial charge in [-0.1, -0.05) is 35.9 Å². The molecule has 1 aliphatic rings.